The van der Waals surface area contributed by atoms with Crippen molar-refractivity contribution in [3.63, 3.8) is 0 Å². The van der Waals surface area contributed by atoms with Gasteiger partial charge in [0.2, 0.25) is 5.91 Å². The number of anilines is 1. The number of carbonyl (C=O) groups is 2. The zero-order valence-corrected chi connectivity index (χ0v) is 13.5. The summed E-state index contributed by atoms with van der Waals surface area (Å²) < 4.78 is 16.0. The van der Waals surface area contributed by atoms with E-state index in [2.05, 4.69) is 5.32 Å². The number of ether oxygens (including phenoxy) is 3. The molecule has 0 unspecified atom stereocenters. The van der Waals surface area contributed by atoms with Crippen LogP contribution < -0.4 is 14.8 Å². The lowest BCUT2D eigenvalue weighted by Crippen LogP contribution is -2.43. The van der Waals surface area contributed by atoms with Crippen LogP contribution in [0.3, 0.4) is 0 Å². The Balaban J connectivity index is 1.96. The molecule has 0 aliphatic carbocycles. The number of carbonyl (C=O) groups excluding carboxylic acids is 2. The Hall–Kier alpha value is -2.28. The van der Waals surface area contributed by atoms with Crippen molar-refractivity contribution in [2.45, 2.75) is 13.3 Å². The van der Waals surface area contributed by atoms with Crippen LogP contribution in [-0.4, -0.2) is 56.7 Å². The molecule has 1 saturated heterocycles. The molecular formula is C16H22N2O5. The third-order valence-electron chi connectivity index (χ3n) is 3.48. The van der Waals surface area contributed by atoms with Crippen LogP contribution >= 0.6 is 0 Å². The van der Waals surface area contributed by atoms with E-state index in [4.69, 9.17) is 14.2 Å². The zero-order valence-electron chi connectivity index (χ0n) is 13.5. The van der Waals surface area contributed by atoms with Gasteiger partial charge in [0, 0.05) is 31.3 Å². The van der Waals surface area contributed by atoms with E-state index in [0.717, 1.165) is 0 Å². The van der Waals surface area contributed by atoms with Crippen LogP contribution in [0, 0.1) is 0 Å². The molecule has 1 heterocycles. The normalized spacial score (nSPS) is 14.3. The predicted molar refractivity (Wildman–Crippen MR) is 84.8 cm³/mol. The molecule has 0 aromatic heterocycles. The van der Waals surface area contributed by atoms with Crippen molar-refractivity contribution in [3.05, 3.63) is 18.2 Å². The number of hydrogen-bond acceptors (Lipinski definition) is 5. The van der Waals surface area contributed by atoms with Crippen molar-refractivity contribution in [1.29, 1.82) is 0 Å². The quantitative estimate of drug-likeness (QED) is 0.854. The van der Waals surface area contributed by atoms with Gasteiger partial charge in [-0.25, -0.2) is 0 Å². The molecule has 7 nitrogen and oxygen atoms in total. The van der Waals surface area contributed by atoms with E-state index in [1.165, 1.54) is 7.11 Å². The molecule has 2 rings (SSSR count). The maximum atomic E-state index is 12.1. The van der Waals surface area contributed by atoms with Gasteiger partial charge in [0.15, 0.2) is 18.1 Å². The molecule has 0 atom stereocenters. The third kappa shape index (κ3) is 4.85. The Morgan fingerprint density at radius 2 is 2.00 bits per heavy atom. The van der Waals surface area contributed by atoms with Gasteiger partial charge in [0.25, 0.3) is 5.91 Å². The van der Waals surface area contributed by atoms with Crippen LogP contribution in [0.5, 0.6) is 11.5 Å². The highest BCUT2D eigenvalue weighted by atomic mass is 16.5. The zero-order chi connectivity index (χ0) is 16.7. The number of nitrogens with zero attached hydrogens (tertiary/aromatic N) is 1. The fourth-order valence-electron chi connectivity index (χ4n) is 2.16. The molecule has 1 N–H and O–H groups in total. The number of morpholine rings is 1. The van der Waals surface area contributed by atoms with Crippen LogP contribution in [0.25, 0.3) is 0 Å². The van der Waals surface area contributed by atoms with Gasteiger partial charge in [-0.05, 0) is 12.1 Å². The van der Waals surface area contributed by atoms with E-state index < -0.39 is 0 Å². The Bertz CT molecular complexity index is 555. The molecular weight excluding hydrogens is 300 g/mol. The predicted octanol–water partition coefficient (Wildman–Crippen LogP) is 1.28. The summed E-state index contributed by atoms with van der Waals surface area (Å²) in [7, 11) is 1.51. The van der Waals surface area contributed by atoms with Crippen molar-refractivity contribution >= 4 is 17.5 Å². The van der Waals surface area contributed by atoms with Gasteiger partial charge in [-0.3, -0.25) is 9.59 Å². The molecule has 1 aromatic carbocycles. The van der Waals surface area contributed by atoms with Crippen molar-refractivity contribution in [3.8, 4) is 11.5 Å². The number of nitrogens with one attached hydrogen (secondary N) is 1. The SMILES string of the molecule is CCC(=O)Nc1ccc(OCC(=O)N2CCOCC2)c(OC)c1. The van der Waals surface area contributed by atoms with Crippen LogP contribution in [-0.2, 0) is 14.3 Å². The highest BCUT2D eigenvalue weighted by Crippen LogP contribution is 2.30. The van der Waals surface area contributed by atoms with Crippen LogP contribution in [0.1, 0.15) is 13.3 Å². The minimum absolute atomic E-state index is 0.0585. The van der Waals surface area contributed by atoms with Gasteiger partial charge < -0.3 is 24.4 Å². The second-order valence-electron chi connectivity index (χ2n) is 5.05. The fraction of sp³-hybridized carbons (Fsp3) is 0.500. The highest BCUT2D eigenvalue weighted by molar-refractivity contribution is 5.90. The lowest BCUT2D eigenvalue weighted by atomic mass is 10.2. The van der Waals surface area contributed by atoms with Gasteiger partial charge in [-0.2, -0.15) is 0 Å². The Morgan fingerprint density at radius 1 is 1.26 bits per heavy atom. The summed E-state index contributed by atoms with van der Waals surface area (Å²) in [4.78, 5) is 25.2. The maximum Gasteiger partial charge on any atom is 0.260 e. The second kappa shape index (κ2) is 8.38. The summed E-state index contributed by atoms with van der Waals surface area (Å²) in [5.41, 5.74) is 0.626. The van der Waals surface area contributed by atoms with E-state index >= 15 is 0 Å². The van der Waals surface area contributed by atoms with E-state index in [-0.39, 0.29) is 18.4 Å². The third-order valence-corrected chi connectivity index (χ3v) is 3.48. The molecule has 0 spiro atoms. The van der Waals surface area contributed by atoms with E-state index in [1.54, 1.807) is 30.0 Å². The molecule has 23 heavy (non-hydrogen) atoms. The number of benzene rings is 1. The van der Waals surface area contributed by atoms with Gasteiger partial charge in [0.05, 0.1) is 20.3 Å². The average Bonchev–Trinajstić information content (AvgIpc) is 2.60. The topological polar surface area (TPSA) is 77.1 Å². The van der Waals surface area contributed by atoms with Crippen molar-refractivity contribution in [2.75, 3.05) is 45.3 Å². The first kappa shape index (κ1) is 17.1. The van der Waals surface area contributed by atoms with E-state index in [0.29, 0.717) is 49.9 Å². The van der Waals surface area contributed by atoms with Crippen LogP contribution in [0.2, 0.25) is 0 Å². The average molecular weight is 322 g/mol. The van der Waals surface area contributed by atoms with Crippen LogP contribution in [0.4, 0.5) is 5.69 Å². The standard InChI is InChI=1S/C16H22N2O5/c1-3-15(19)17-12-4-5-13(14(10-12)21-2)23-11-16(20)18-6-8-22-9-7-18/h4-5,10H,3,6-9,11H2,1-2H3,(H,17,19). The van der Waals surface area contributed by atoms with Crippen molar-refractivity contribution < 1.29 is 23.8 Å². The molecule has 1 fully saturated rings. The number of hydrogen-bond donors (Lipinski definition) is 1. The lowest BCUT2D eigenvalue weighted by Gasteiger charge is -2.26. The largest absolute Gasteiger partial charge is 0.493 e. The number of amides is 2. The molecule has 1 aromatic rings. The van der Waals surface area contributed by atoms with Crippen molar-refractivity contribution in [1.82, 2.24) is 4.90 Å². The molecule has 126 valence electrons. The molecule has 2 amide bonds. The molecule has 0 saturated carbocycles. The summed E-state index contributed by atoms with van der Waals surface area (Å²) in [6.45, 7) is 4.00. The summed E-state index contributed by atoms with van der Waals surface area (Å²) in [5.74, 6) is 0.763. The summed E-state index contributed by atoms with van der Waals surface area (Å²) in [6, 6.07) is 5.06. The maximum absolute atomic E-state index is 12.1. The summed E-state index contributed by atoms with van der Waals surface area (Å²) >= 11 is 0. The van der Waals surface area contributed by atoms with Gasteiger partial charge >= 0.3 is 0 Å². The minimum Gasteiger partial charge on any atom is -0.493 e. The Morgan fingerprint density at radius 3 is 2.65 bits per heavy atom. The first-order valence-electron chi connectivity index (χ1n) is 7.60. The van der Waals surface area contributed by atoms with Crippen LogP contribution in [0.15, 0.2) is 18.2 Å². The van der Waals surface area contributed by atoms with E-state index in [9.17, 15) is 9.59 Å². The summed E-state index contributed by atoms with van der Waals surface area (Å²) in [5, 5.41) is 2.75. The number of rotatable bonds is 6. The first-order valence-corrected chi connectivity index (χ1v) is 7.60. The molecule has 0 bridgehead atoms. The Labute approximate surface area is 135 Å². The Kier molecular flexibility index (Phi) is 6.22. The summed E-state index contributed by atoms with van der Waals surface area (Å²) in [6.07, 6.45) is 0.397. The highest BCUT2D eigenvalue weighted by Gasteiger charge is 2.18. The minimum atomic E-state index is -0.0845. The molecule has 1 aliphatic heterocycles. The first-order chi connectivity index (χ1) is 11.1. The molecule has 0 radical (unpaired) electrons. The lowest BCUT2D eigenvalue weighted by molar-refractivity contribution is -0.137. The smallest absolute Gasteiger partial charge is 0.260 e. The van der Waals surface area contributed by atoms with E-state index in [1.807, 2.05) is 0 Å². The van der Waals surface area contributed by atoms with Gasteiger partial charge in [-0.15, -0.1) is 0 Å². The second-order valence-corrected chi connectivity index (χ2v) is 5.05. The van der Waals surface area contributed by atoms with Crippen molar-refractivity contribution in [2.24, 2.45) is 0 Å². The number of methoxy groups -OCH3 is 1. The molecule has 1 aliphatic rings. The molecule has 7 heteroatoms. The van der Waals surface area contributed by atoms with Gasteiger partial charge in [-0.1, -0.05) is 6.92 Å². The monoisotopic (exact) mass is 322 g/mol. The fourth-order valence-corrected chi connectivity index (χ4v) is 2.16. The van der Waals surface area contributed by atoms with Gasteiger partial charge in [0.1, 0.15) is 0 Å².